The molecule has 0 atom stereocenters. The molecular weight excluding hydrogens is 338 g/mol. The molecule has 0 radical (unpaired) electrons. The number of benzene rings is 2. The van der Waals surface area contributed by atoms with Gasteiger partial charge in [0.25, 0.3) is 0 Å². The van der Waals surface area contributed by atoms with Gasteiger partial charge in [0, 0.05) is 29.9 Å². The standard InChI is InChI=1S/C21H23N5O/c22-17-10-8-15(9-11-17)13-20(27)23-18-6-4-5-16(14-18)21-25-24-19-7-2-1-3-12-26(19)21/h4-6,8-11,14H,1-3,7,12-13,22H2,(H,23,27). The summed E-state index contributed by atoms with van der Waals surface area (Å²) in [4.78, 5) is 12.4. The third-order valence-electron chi connectivity index (χ3n) is 4.86. The van der Waals surface area contributed by atoms with Crippen LogP contribution < -0.4 is 11.1 Å². The van der Waals surface area contributed by atoms with Crippen LogP contribution in [0.2, 0.25) is 0 Å². The number of anilines is 2. The number of nitrogens with two attached hydrogens (primary N) is 1. The van der Waals surface area contributed by atoms with Crippen molar-refractivity contribution in [2.75, 3.05) is 11.1 Å². The summed E-state index contributed by atoms with van der Waals surface area (Å²) in [5.41, 5.74) is 9.05. The van der Waals surface area contributed by atoms with Gasteiger partial charge in [-0.05, 0) is 42.7 Å². The number of aryl methyl sites for hydroxylation is 1. The molecule has 1 aliphatic heterocycles. The minimum atomic E-state index is -0.0583. The molecule has 3 aromatic rings. The summed E-state index contributed by atoms with van der Waals surface area (Å²) in [6, 6.07) is 15.2. The minimum absolute atomic E-state index is 0.0583. The Hall–Kier alpha value is -3.15. The predicted molar refractivity (Wildman–Crippen MR) is 106 cm³/mol. The number of nitrogen functional groups attached to an aromatic ring is 1. The van der Waals surface area contributed by atoms with E-state index in [1.807, 2.05) is 36.4 Å². The maximum Gasteiger partial charge on any atom is 0.228 e. The zero-order valence-electron chi connectivity index (χ0n) is 15.2. The lowest BCUT2D eigenvalue weighted by atomic mass is 10.1. The zero-order valence-corrected chi connectivity index (χ0v) is 15.2. The molecule has 0 saturated carbocycles. The molecule has 3 N–H and O–H groups in total. The number of rotatable bonds is 4. The van der Waals surface area contributed by atoms with E-state index in [0.717, 1.165) is 47.8 Å². The van der Waals surface area contributed by atoms with E-state index in [9.17, 15) is 4.79 Å². The lowest BCUT2D eigenvalue weighted by Crippen LogP contribution is -2.14. The minimum Gasteiger partial charge on any atom is -0.399 e. The van der Waals surface area contributed by atoms with Gasteiger partial charge < -0.3 is 15.6 Å². The fraction of sp³-hybridized carbons (Fsp3) is 0.286. The fourth-order valence-electron chi connectivity index (χ4n) is 3.46. The Morgan fingerprint density at radius 1 is 1.07 bits per heavy atom. The smallest absolute Gasteiger partial charge is 0.228 e. The van der Waals surface area contributed by atoms with Crippen LogP contribution in [0.3, 0.4) is 0 Å². The third kappa shape index (κ3) is 4.00. The fourth-order valence-corrected chi connectivity index (χ4v) is 3.46. The number of nitrogens with zero attached hydrogens (tertiary/aromatic N) is 3. The predicted octanol–water partition coefficient (Wildman–Crippen LogP) is 3.43. The van der Waals surface area contributed by atoms with Crippen molar-refractivity contribution in [2.45, 2.75) is 38.6 Å². The van der Waals surface area contributed by atoms with E-state index >= 15 is 0 Å². The van der Waals surface area contributed by atoms with Crippen molar-refractivity contribution in [3.63, 3.8) is 0 Å². The molecule has 138 valence electrons. The Bertz CT molecular complexity index is 945. The quantitative estimate of drug-likeness (QED) is 0.697. The number of carbonyl (C=O) groups excluding carboxylic acids is 1. The highest BCUT2D eigenvalue weighted by Crippen LogP contribution is 2.25. The number of aromatic nitrogens is 3. The summed E-state index contributed by atoms with van der Waals surface area (Å²) < 4.78 is 2.21. The Labute approximate surface area is 158 Å². The summed E-state index contributed by atoms with van der Waals surface area (Å²) in [6.07, 6.45) is 4.83. The second-order valence-corrected chi connectivity index (χ2v) is 6.95. The van der Waals surface area contributed by atoms with Crippen LogP contribution in [0, 0.1) is 0 Å². The maximum atomic E-state index is 12.4. The van der Waals surface area contributed by atoms with Gasteiger partial charge in [-0.25, -0.2) is 0 Å². The van der Waals surface area contributed by atoms with Crippen molar-refractivity contribution in [2.24, 2.45) is 0 Å². The van der Waals surface area contributed by atoms with Gasteiger partial charge in [0.05, 0.1) is 6.42 Å². The molecule has 1 amide bonds. The van der Waals surface area contributed by atoms with E-state index in [2.05, 4.69) is 20.1 Å². The van der Waals surface area contributed by atoms with E-state index in [4.69, 9.17) is 5.73 Å². The summed E-state index contributed by atoms with van der Waals surface area (Å²) >= 11 is 0. The van der Waals surface area contributed by atoms with Crippen LogP contribution >= 0.6 is 0 Å². The maximum absolute atomic E-state index is 12.4. The molecule has 0 unspecified atom stereocenters. The normalized spacial score (nSPS) is 13.6. The molecule has 0 aliphatic carbocycles. The number of carbonyl (C=O) groups is 1. The molecule has 0 spiro atoms. The Balaban J connectivity index is 1.50. The third-order valence-corrected chi connectivity index (χ3v) is 4.86. The summed E-state index contributed by atoms with van der Waals surface area (Å²) in [5, 5.41) is 11.7. The highest BCUT2D eigenvalue weighted by Gasteiger charge is 2.16. The topological polar surface area (TPSA) is 85.8 Å². The molecule has 0 fully saturated rings. The summed E-state index contributed by atoms with van der Waals surface area (Å²) in [7, 11) is 0. The van der Waals surface area contributed by atoms with Gasteiger partial charge >= 0.3 is 0 Å². The summed E-state index contributed by atoms with van der Waals surface area (Å²) in [5.74, 6) is 1.87. The van der Waals surface area contributed by atoms with Gasteiger partial charge in [-0.3, -0.25) is 4.79 Å². The SMILES string of the molecule is Nc1ccc(CC(=O)Nc2cccc(-c3nnc4n3CCCCC4)c2)cc1. The van der Waals surface area contributed by atoms with Crippen LogP contribution in [0.15, 0.2) is 48.5 Å². The van der Waals surface area contributed by atoms with Gasteiger partial charge in [0.2, 0.25) is 5.91 Å². The highest BCUT2D eigenvalue weighted by molar-refractivity contribution is 5.92. The molecule has 1 aromatic heterocycles. The lowest BCUT2D eigenvalue weighted by molar-refractivity contribution is -0.115. The van der Waals surface area contributed by atoms with E-state index in [1.165, 1.54) is 12.8 Å². The number of amides is 1. The number of hydrogen-bond donors (Lipinski definition) is 2. The van der Waals surface area contributed by atoms with Gasteiger partial charge in [0.1, 0.15) is 5.82 Å². The highest BCUT2D eigenvalue weighted by atomic mass is 16.1. The summed E-state index contributed by atoms with van der Waals surface area (Å²) in [6.45, 7) is 0.950. The Morgan fingerprint density at radius 2 is 1.93 bits per heavy atom. The number of fused-ring (bicyclic) bond motifs is 1. The van der Waals surface area contributed by atoms with Crippen LogP contribution in [-0.2, 0) is 24.2 Å². The molecule has 2 aromatic carbocycles. The first-order chi connectivity index (χ1) is 13.2. The average Bonchev–Trinajstić information content (AvgIpc) is 2.92. The van der Waals surface area contributed by atoms with Crippen molar-refractivity contribution in [1.82, 2.24) is 14.8 Å². The van der Waals surface area contributed by atoms with E-state index in [-0.39, 0.29) is 5.91 Å². The molecule has 27 heavy (non-hydrogen) atoms. The average molecular weight is 361 g/mol. The molecular formula is C21H23N5O. The van der Waals surface area contributed by atoms with Crippen LogP contribution in [0.25, 0.3) is 11.4 Å². The molecule has 4 rings (SSSR count). The van der Waals surface area contributed by atoms with Crippen LogP contribution in [-0.4, -0.2) is 20.7 Å². The number of hydrogen-bond acceptors (Lipinski definition) is 4. The van der Waals surface area contributed by atoms with Crippen LogP contribution in [0.1, 0.15) is 30.7 Å². The molecule has 6 heteroatoms. The zero-order chi connectivity index (χ0) is 18.6. The molecule has 0 bridgehead atoms. The van der Waals surface area contributed by atoms with Gasteiger partial charge in [-0.15, -0.1) is 10.2 Å². The van der Waals surface area contributed by atoms with E-state index < -0.39 is 0 Å². The lowest BCUT2D eigenvalue weighted by Gasteiger charge is -2.10. The molecule has 1 aliphatic rings. The number of nitrogens with one attached hydrogen (secondary N) is 1. The van der Waals surface area contributed by atoms with Crippen molar-refractivity contribution in [3.05, 3.63) is 59.9 Å². The van der Waals surface area contributed by atoms with Crippen molar-refractivity contribution >= 4 is 17.3 Å². The Morgan fingerprint density at radius 3 is 2.78 bits per heavy atom. The molecule has 0 saturated heterocycles. The first-order valence-electron chi connectivity index (χ1n) is 9.36. The van der Waals surface area contributed by atoms with Gasteiger partial charge in [0.15, 0.2) is 5.82 Å². The molecule has 2 heterocycles. The second-order valence-electron chi connectivity index (χ2n) is 6.95. The first-order valence-corrected chi connectivity index (χ1v) is 9.36. The first kappa shape index (κ1) is 17.3. The van der Waals surface area contributed by atoms with Crippen molar-refractivity contribution < 1.29 is 4.79 Å². The van der Waals surface area contributed by atoms with Gasteiger partial charge in [-0.2, -0.15) is 0 Å². The van der Waals surface area contributed by atoms with Crippen molar-refractivity contribution in [1.29, 1.82) is 0 Å². The molecule has 6 nitrogen and oxygen atoms in total. The second kappa shape index (κ2) is 7.61. The van der Waals surface area contributed by atoms with Crippen LogP contribution in [0.4, 0.5) is 11.4 Å². The van der Waals surface area contributed by atoms with Crippen LogP contribution in [0.5, 0.6) is 0 Å². The van der Waals surface area contributed by atoms with Crippen molar-refractivity contribution in [3.8, 4) is 11.4 Å². The Kier molecular flexibility index (Phi) is 4.87. The largest absolute Gasteiger partial charge is 0.399 e. The van der Waals surface area contributed by atoms with E-state index in [0.29, 0.717) is 12.1 Å². The van der Waals surface area contributed by atoms with E-state index in [1.54, 1.807) is 12.1 Å². The van der Waals surface area contributed by atoms with Gasteiger partial charge in [-0.1, -0.05) is 30.7 Å². The monoisotopic (exact) mass is 361 g/mol.